The first-order valence-electron chi connectivity index (χ1n) is 17.2. The molecule has 0 spiro atoms. The van der Waals surface area contributed by atoms with Gasteiger partial charge in [0.2, 0.25) is 0 Å². The van der Waals surface area contributed by atoms with Crippen LogP contribution in [0.1, 0.15) is 194 Å². The first kappa shape index (κ1) is 37.7. The van der Waals surface area contributed by atoms with Crippen molar-refractivity contribution in [1.82, 2.24) is 0 Å². The predicted molar refractivity (Wildman–Crippen MR) is 167 cm³/mol. The third-order valence-electron chi connectivity index (χ3n) is 7.72. The van der Waals surface area contributed by atoms with Crippen molar-refractivity contribution in [2.75, 3.05) is 0 Å². The van der Waals surface area contributed by atoms with Crippen molar-refractivity contribution in [2.24, 2.45) is 0 Å². The highest BCUT2D eigenvalue weighted by Gasteiger charge is 2.11. The minimum atomic E-state index is -0.720. The number of rotatable bonds is 31. The molecule has 0 aliphatic carbocycles. The first-order chi connectivity index (χ1) is 19.1. The zero-order chi connectivity index (χ0) is 28.7. The Morgan fingerprint density at radius 3 is 1.46 bits per heavy atom. The Bertz CT molecular complexity index is 557. The maximum atomic E-state index is 12.5. The first-order valence-corrected chi connectivity index (χ1v) is 17.2. The fourth-order valence-electron chi connectivity index (χ4n) is 5.15. The number of aliphatic carboxylic acids is 1. The van der Waals surface area contributed by atoms with Crippen molar-refractivity contribution in [3.8, 4) is 0 Å². The third kappa shape index (κ3) is 31.1. The lowest BCUT2D eigenvalue weighted by molar-refractivity contribution is -0.147. The SMILES string of the molecule is CCCCCCCC/C=C\C(CCCCCCC(=O)O)OC(=O)CCCCCCCCCCCCCCCC. The summed E-state index contributed by atoms with van der Waals surface area (Å²) in [6, 6.07) is 0. The summed E-state index contributed by atoms with van der Waals surface area (Å²) < 4.78 is 5.85. The van der Waals surface area contributed by atoms with Crippen molar-refractivity contribution in [2.45, 2.75) is 200 Å². The van der Waals surface area contributed by atoms with Gasteiger partial charge in [0.15, 0.2) is 0 Å². The molecule has 0 radical (unpaired) electrons. The number of carboxylic acids is 1. The van der Waals surface area contributed by atoms with Crippen LogP contribution in [-0.2, 0) is 14.3 Å². The molecule has 0 bridgehead atoms. The molecule has 1 unspecified atom stereocenters. The Hall–Kier alpha value is -1.32. The molecule has 0 aliphatic rings. The van der Waals surface area contributed by atoms with Gasteiger partial charge in [-0.25, -0.2) is 0 Å². The molecule has 0 aliphatic heterocycles. The van der Waals surface area contributed by atoms with E-state index >= 15 is 0 Å². The lowest BCUT2D eigenvalue weighted by Gasteiger charge is -2.15. The van der Waals surface area contributed by atoms with E-state index in [1.807, 2.05) is 0 Å². The van der Waals surface area contributed by atoms with Gasteiger partial charge < -0.3 is 9.84 Å². The van der Waals surface area contributed by atoms with E-state index in [1.54, 1.807) is 0 Å². The number of hydrogen-bond acceptors (Lipinski definition) is 3. The molecule has 1 N–H and O–H groups in total. The van der Waals surface area contributed by atoms with Crippen LogP contribution in [0.5, 0.6) is 0 Å². The third-order valence-corrected chi connectivity index (χ3v) is 7.72. The minimum absolute atomic E-state index is 0.0611. The average Bonchev–Trinajstić information content (AvgIpc) is 2.91. The van der Waals surface area contributed by atoms with Crippen LogP contribution in [0.15, 0.2) is 12.2 Å². The molecular weight excluding hydrogens is 484 g/mol. The van der Waals surface area contributed by atoms with Crippen LogP contribution < -0.4 is 0 Å². The Labute approximate surface area is 243 Å². The van der Waals surface area contributed by atoms with E-state index < -0.39 is 5.97 Å². The molecule has 0 saturated heterocycles. The molecule has 0 amide bonds. The van der Waals surface area contributed by atoms with Gasteiger partial charge in [0.1, 0.15) is 6.10 Å². The van der Waals surface area contributed by atoms with Gasteiger partial charge in [0.25, 0.3) is 0 Å². The molecule has 1 atom stereocenters. The normalized spacial score (nSPS) is 12.3. The van der Waals surface area contributed by atoms with Gasteiger partial charge in [-0.2, -0.15) is 0 Å². The molecule has 4 heteroatoms. The van der Waals surface area contributed by atoms with Crippen molar-refractivity contribution >= 4 is 11.9 Å². The van der Waals surface area contributed by atoms with E-state index in [0.29, 0.717) is 6.42 Å². The highest BCUT2D eigenvalue weighted by atomic mass is 16.5. The molecule has 39 heavy (non-hydrogen) atoms. The summed E-state index contributed by atoms with van der Waals surface area (Å²) in [5.74, 6) is -0.781. The largest absolute Gasteiger partial charge is 0.481 e. The highest BCUT2D eigenvalue weighted by molar-refractivity contribution is 5.69. The maximum absolute atomic E-state index is 12.5. The summed E-state index contributed by atoms with van der Waals surface area (Å²) in [4.78, 5) is 23.2. The van der Waals surface area contributed by atoms with Crippen LogP contribution >= 0.6 is 0 Å². The van der Waals surface area contributed by atoms with Crippen LogP contribution in [0.3, 0.4) is 0 Å². The number of carbonyl (C=O) groups excluding carboxylic acids is 1. The van der Waals surface area contributed by atoms with Crippen LogP contribution in [0.25, 0.3) is 0 Å². The van der Waals surface area contributed by atoms with Gasteiger partial charge in [-0.15, -0.1) is 0 Å². The van der Waals surface area contributed by atoms with Gasteiger partial charge in [-0.1, -0.05) is 148 Å². The lowest BCUT2D eigenvalue weighted by Crippen LogP contribution is -2.16. The molecule has 4 nitrogen and oxygen atoms in total. The van der Waals surface area contributed by atoms with E-state index in [1.165, 1.54) is 116 Å². The van der Waals surface area contributed by atoms with E-state index in [0.717, 1.165) is 51.4 Å². The summed E-state index contributed by atoms with van der Waals surface area (Å²) in [5.41, 5.74) is 0. The quantitative estimate of drug-likeness (QED) is 0.0529. The Balaban J connectivity index is 3.99. The zero-order valence-corrected chi connectivity index (χ0v) is 26.2. The molecule has 0 fully saturated rings. The summed E-state index contributed by atoms with van der Waals surface area (Å²) in [6.45, 7) is 4.52. The molecule has 0 rings (SSSR count). The zero-order valence-electron chi connectivity index (χ0n) is 26.2. The second-order valence-electron chi connectivity index (χ2n) is 11.7. The topological polar surface area (TPSA) is 63.6 Å². The van der Waals surface area contributed by atoms with Crippen LogP contribution in [0, 0.1) is 0 Å². The molecule has 0 aromatic heterocycles. The van der Waals surface area contributed by atoms with Gasteiger partial charge in [-0.05, 0) is 44.6 Å². The van der Waals surface area contributed by atoms with Crippen molar-refractivity contribution in [3.05, 3.63) is 12.2 Å². The second-order valence-corrected chi connectivity index (χ2v) is 11.7. The molecule has 0 aromatic rings. The smallest absolute Gasteiger partial charge is 0.306 e. The Morgan fingerprint density at radius 1 is 0.564 bits per heavy atom. The summed E-state index contributed by atoms with van der Waals surface area (Å²) in [6.07, 6.45) is 36.6. The molecule has 0 heterocycles. The van der Waals surface area contributed by atoms with Gasteiger partial charge in [0, 0.05) is 12.8 Å². The van der Waals surface area contributed by atoms with Crippen molar-refractivity contribution < 1.29 is 19.4 Å². The Kier molecular flexibility index (Phi) is 30.2. The van der Waals surface area contributed by atoms with Crippen molar-refractivity contribution in [3.63, 3.8) is 0 Å². The minimum Gasteiger partial charge on any atom is -0.481 e. The highest BCUT2D eigenvalue weighted by Crippen LogP contribution is 2.16. The summed E-state index contributed by atoms with van der Waals surface area (Å²) in [7, 11) is 0. The number of esters is 1. The number of hydrogen-bond donors (Lipinski definition) is 1. The summed E-state index contributed by atoms with van der Waals surface area (Å²) in [5, 5.41) is 8.79. The lowest BCUT2D eigenvalue weighted by atomic mass is 10.0. The average molecular weight is 551 g/mol. The van der Waals surface area contributed by atoms with E-state index in [2.05, 4.69) is 26.0 Å². The molecule has 0 aromatic carbocycles. The number of allylic oxidation sites excluding steroid dienone is 1. The fourth-order valence-corrected chi connectivity index (χ4v) is 5.15. The Morgan fingerprint density at radius 2 is 0.974 bits per heavy atom. The molecular formula is C35H66O4. The van der Waals surface area contributed by atoms with Crippen LogP contribution in [0.2, 0.25) is 0 Å². The van der Waals surface area contributed by atoms with Crippen LogP contribution in [0.4, 0.5) is 0 Å². The van der Waals surface area contributed by atoms with Crippen molar-refractivity contribution in [1.29, 1.82) is 0 Å². The monoisotopic (exact) mass is 550 g/mol. The second kappa shape index (κ2) is 31.2. The predicted octanol–water partition coefficient (Wildman–Crippen LogP) is 11.5. The van der Waals surface area contributed by atoms with Gasteiger partial charge in [-0.3, -0.25) is 9.59 Å². The standard InChI is InChI=1S/C35H66O4/c1-3-5-7-9-11-13-14-15-16-17-18-20-22-28-32-35(38)39-33(30-26-23-24-27-31-34(36)37)29-25-21-19-12-10-8-6-4-2/h25,29,33H,3-24,26-28,30-32H2,1-2H3,(H,36,37)/b29-25-. The number of unbranched alkanes of at least 4 members (excludes halogenated alkanes) is 22. The number of ether oxygens (including phenoxy) is 1. The summed E-state index contributed by atoms with van der Waals surface area (Å²) >= 11 is 0. The molecule has 230 valence electrons. The number of carbonyl (C=O) groups is 2. The fraction of sp³-hybridized carbons (Fsp3) is 0.886. The maximum Gasteiger partial charge on any atom is 0.306 e. The van der Waals surface area contributed by atoms with E-state index in [-0.39, 0.29) is 18.5 Å². The molecule has 0 saturated carbocycles. The van der Waals surface area contributed by atoms with Crippen LogP contribution in [-0.4, -0.2) is 23.1 Å². The van der Waals surface area contributed by atoms with Gasteiger partial charge >= 0.3 is 11.9 Å². The van der Waals surface area contributed by atoms with E-state index in [9.17, 15) is 9.59 Å². The van der Waals surface area contributed by atoms with Gasteiger partial charge in [0.05, 0.1) is 0 Å². The van der Waals surface area contributed by atoms with E-state index in [4.69, 9.17) is 9.84 Å². The number of carboxylic acid groups (broad SMARTS) is 1.